The van der Waals surface area contributed by atoms with E-state index in [1.807, 2.05) is 0 Å². The normalized spacial score (nSPS) is 15.0. The van der Waals surface area contributed by atoms with Crippen LogP contribution in [0.3, 0.4) is 0 Å². The molecule has 1 aliphatic rings. The average Bonchev–Trinajstić information content (AvgIpc) is 3.30. The molecule has 3 aromatic rings. The molecule has 26 heavy (non-hydrogen) atoms. The number of carbonyl (C=O) groups excluding carboxylic acids is 1. The van der Waals surface area contributed by atoms with E-state index in [9.17, 15) is 9.18 Å². The van der Waals surface area contributed by atoms with Crippen LogP contribution in [0.15, 0.2) is 30.6 Å². The maximum atomic E-state index is 13.0. The molecule has 1 atom stereocenters. The summed E-state index contributed by atoms with van der Waals surface area (Å²) in [5.74, 6) is -0.0000932. The van der Waals surface area contributed by atoms with E-state index < -0.39 is 11.9 Å². The lowest BCUT2D eigenvalue weighted by Crippen LogP contribution is -2.37. The van der Waals surface area contributed by atoms with E-state index in [2.05, 4.69) is 30.6 Å². The zero-order chi connectivity index (χ0) is 18.1. The van der Waals surface area contributed by atoms with Gasteiger partial charge in [0.05, 0.1) is 12.4 Å². The van der Waals surface area contributed by atoms with Crippen LogP contribution in [0.25, 0.3) is 11.2 Å². The Bertz CT molecular complexity index is 936. The van der Waals surface area contributed by atoms with Gasteiger partial charge in [-0.15, -0.1) is 0 Å². The standard InChI is InChI=1S/C17H18FN7O/c18-10-3-1-9(2-4-10)7-12(19)16(26)25-17-23-14-13(20-8-21-14)15(24-17)22-11-5-6-11/h1-4,8,11-12H,5-7,19H2,(H3,20,21,22,23,24,25,26). The predicted octanol–water partition coefficient (Wildman–Crippen LogP) is 1.57. The molecule has 1 amide bonds. The van der Waals surface area contributed by atoms with E-state index in [0.717, 1.165) is 18.4 Å². The van der Waals surface area contributed by atoms with Crippen molar-refractivity contribution in [3.63, 3.8) is 0 Å². The van der Waals surface area contributed by atoms with E-state index >= 15 is 0 Å². The summed E-state index contributed by atoms with van der Waals surface area (Å²) in [6.45, 7) is 0. The van der Waals surface area contributed by atoms with Gasteiger partial charge in [0.1, 0.15) is 11.3 Å². The molecule has 4 rings (SSSR count). The molecule has 8 nitrogen and oxygen atoms in total. The number of anilines is 2. The molecule has 0 aliphatic heterocycles. The SMILES string of the molecule is NC(Cc1ccc(F)cc1)C(=O)Nc1nc(NC2CC2)c2nc[nH]c2n1. The van der Waals surface area contributed by atoms with Crippen LogP contribution in [0.2, 0.25) is 0 Å². The monoisotopic (exact) mass is 355 g/mol. The second kappa shape index (κ2) is 6.68. The minimum Gasteiger partial charge on any atom is -0.365 e. The number of nitrogens with one attached hydrogen (secondary N) is 3. The minimum atomic E-state index is -0.804. The first-order valence-electron chi connectivity index (χ1n) is 8.37. The van der Waals surface area contributed by atoms with Crippen LogP contribution in [0.5, 0.6) is 0 Å². The Labute approximate surface area is 148 Å². The summed E-state index contributed by atoms with van der Waals surface area (Å²) in [5, 5.41) is 5.92. The Hall–Kier alpha value is -3.07. The van der Waals surface area contributed by atoms with Crippen LogP contribution < -0.4 is 16.4 Å². The van der Waals surface area contributed by atoms with E-state index in [-0.39, 0.29) is 18.2 Å². The van der Waals surface area contributed by atoms with Crippen molar-refractivity contribution >= 4 is 28.8 Å². The molecule has 1 aromatic carbocycles. The molecule has 0 spiro atoms. The Morgan fingerprint density at radius 2 is 2.08 bits per heavy atom. The highest BCUT2D eigenvalue weighted by atomic mass is 19.1. The van der Waals surface area contributed by atoms with Gasteiger partial charge >= 0.3 is 0 Å². The van der Waals surface area contributed by atoms with Gasteiger partial charge in [-0.1, -0.05) is 12.1 Å². The van der Waals surface area contributed by atoms with Gasteiger partial charge in [-0.3, -0.25) is 10.1 Å². The Balaban J connectivity index is 1.48. The number of benzene rings is 1. The predicted molar refractivity (Wildman–Crippen MR) is 95.0 cm³/mol. The lowest BCUT2D eigenvalue weighted by Gasteiger charge is -2.12. The van der Waals surface area contributed by atoms with E-state index in [4.69, 9.17) is 5.73 Å². The highest BCUT2D eigenvalue weighted by Gasteiger charge is 2.24. The van der Waals surface area contributed by atoms with Crippen molar-refractivity contribution in [2.75, 3.05) is 10.6 Å². The first kappa shape index (κ1) is 16.4. The molecular formula is C17H18FN7O. The van der Waals surface area contributed by atoms with Crippen molar-refractivity contribution in [1.29, 1.82) is 0 Å². The molecule has 5 N–H and O–H groups in total. The summed E-state index contributed by atoms with van der Waals surface area (Å²) in [4.78, 5) is 28.1. The second-order valence-electron chi connectivity index (χ2n) is 6.34. The topological polar surface area (TPSA) is 122 Å². The molecule has 1 saturated carbocycles. The zero-order valence-electron chi connectivity index (χ0n) is 13.9. The number of amides is 1. The summed E-state index contributed by atoms with van der Waals surface area (Å²) < 4.78 is 13.0. The summed E-state index contributed by atoms with van der Waals surface area (Å²) >= 11 is 0. The third kappa shape index (κ3) is 3.62. The second-order valence-corrected chi connectivity index (χ2v) is 6.34. The third-order valence-corrected chi connectivity index (χ3v) is 4.14. The van der Waals surface area contributed by atoms with Gasteiger partial charge in [0.2, 0.25) is 11.9 Å². The largest absolute Gasteiger partial charge is 0.365 e. The number of aromatic nitrogens is 4. The summed E-state index contributed by atoms with van der Waals surface area (Å²) in [6, 6.07) is 5.46. The highest BCUT2D eigenvalue weighted by Crippen LogP contribution is 2.27. The number of H-pyrrole nitrogens is 1. The van der Waals surface area contributed by atoms with Gasteiger partial charge in [0, 0.05) is 6.04 Å². The number of hydrogen-bond acceptors (Lipinski definition) is 6. The van der Waals surface area contributed by atoms with Gasteiger partial charge in [-0.25, -0.2) is 9.37 Å². The van der Waals surface area contributed by atoms with Gasteiger partial charge in [-0.05, 0) is 37.0 Å². The number of nitrogens with two attached hydrogens (primary N) is 1. The first-order chi connectivity index (χ1) is 12.6. The molecule has 1 unspecified atom stereocenters. The Kier molecular flexibility index (Phi) is 4.21. The molecule has 0 bridgehead atoms. The average molecular weight is 355 g/mol. The fourth-order valence-corrected chi connectivity index (χ4v) is 2.58. The van der Waals surface area contributed by atoms with Crippen molar-refractivity contribution in [3.05, 3.63) is 42.0 Å². The van der Waals surface area contributed by atoms with Crippen LogP contribution in [-0.4, -0.2) is 37.9 Å². The van der Waals surface area contributed by atoms with Crippen molar-refractivity contribution in [2.24, 2.45) is 5.73 Å². The Morgan fingerprint density at radius 3 is 2.81 bits per heavy atom. The van der Waals surface area contributed by atoms with Crippen LogP contribution in [0.1, 0.15) is 18.4 Å². The van der Waals surface area contributed by atoms with Crippen LogP contribution in [-0.2, 0) is 11.2 Å². The Morgan fingerprint density at radius 1 is 1.31 bits per heavy atom. The van der Waals surface area contributed by atoms with Crippen LogP contribution in [0, 0.1) is 5.82 Å². The molecule has 0 radical (unpaired) electrons. The summed E-state index contributed by atoms with van der Waals surface area (Å²) in [5.41, 5.74) is 7.90. The van der Waals surface area contributed by atoms with Crippen molar-refractivity contribution in [3.8, 4) is 0 Å². The first-order valence-corrected chi connectivity index (χ1v) is 8.37. The number of fused-ring (bicyclic) bond motifs is 1. The molecule has 134 valence electrons. The lowest BCUT2D eigenvalue weighted by atomic mass is 10.1. The highest BCUT2D eigenvalue weighted by molar-refractivity contribution is 5.95. The van der Waals surface area contributed by atoms with E-state index in [0.29, 0.717) is 23.0 Å². The molecule has 2 heterocycles. The molecule has 9 heteroatoms. The minimum absolute atomic E-state index is 0.157. The lowest BCUT2D eigenvalue weighted by molar-refractivity contribution is -0.117. The number of imidazole rings is 1. The van der Waals surface area contributed by atoms with Crippen LogP contribution >= 0.6 is 0 Å². The van der Waals surface area contributed by atoms with Gasteiger partial charge in [0.25, 0.3) is 0 Å². The number of hydrogen-bond donors (Lipinski definition) is 4. The molecule has 2 aromatic heterocycles. The zero-order valence-corrected chi connectivity index (χ0v) is 13.9. The van der Waals surface area contributed by atoms with Crippen molar-refractivity contribution < 1.29 is 9.18 Å². The number of rotatable bonds is 6. The van der Waals surface area contributed by atoms with E-state index in [1.165, 1.54) is 18.5 Å². The van der Waals surface area contributed by atoms with Gasteiger partial charge in [0.15, 0.2) is 11.5 Å². The summed E-state index contributed by atoms with van der Waals surface area (Å²) in [7, 11) is 0. The number of nitrogens with zero attached hydrogens (tertiary/aromatic N) is 3. The van der Waals surface area contributed by atoms with Crippen molar-refractivity contribution in [2.45, 2.75) is 31.3 Å². The van der Waals surface area contributed by atoms with Gasteiger partial charge < -0.3 is 16.0 Å². The van der Waals surface area contributed by atoms with E-state index in [1.54, 1.807) is 12.1 Å². The number of carbonyl (C=O) groups is 1. The summed E-state index contributed by atoms with van der Waals surface area (Å²) in [6.07, 6.45) is 3.98. The third-order valence-electron chi connectivity index (χ3n) is 4.14. The maximum absolute atomic E-state index is 13.0. The molecule has 1 fully saturated rings. The number of aromatic amines is 1. The van der Waals surface area contributed by atoms with Crippen LogP contribution in [0.4, 0.5) is 16.2 Å². The quantitative estimate of drug-likeness (QED) is 0.532. The van der Waals surface area contributed by atoms with Gasteiger partial charge in [-0.2, -0.15) is 9.97 Å². The van der Waals surface area contributed by atoms with Crippen molar-refractivity contribution in [1.82, 2.24) is 19.9 Å². The fraction of sp³-hybridized carbons (Fsp3) is 0.294. The molecule has 1 aliphatic carbocycles. The smallest absolute Gasteiger partial charge is 0.243 e. The maximum Gasteiger partial charge on any atom is 0.243 e. The molecule has 0 saturated heterocycles. The number of halogens is 1. The molecular weight excluding hydrogens is 337 g/mol. The fourth-order valence-electron chi connectivity index (χ4n) is 2.58.